The second-order valence-corrected chi connectivity index (χ2v) is 6.37. The number of hydrogen-bond donors (Lipinski definition) is 2. The first-order valence-corrected chi connectivity index (χ1v) is 8.48. The number of rotatable bonds is 5. The minimum atomic E-state index is -0.428. The van der Waals surface area contributed by atoms with Crippen LogP contribution in [0.3, 0.4) is 0 Å². The van der Waals surface area contributed by atoms with Crippen LogP contribution in [0.1, 0.15) is 23.5 Å². The van der Waals surface area contributed by atoms with Gasteiger partial charge < -0.3 is 10.4 Å². The first-order valence-electron chi connectivity index (χ1n) is 8.48. The standard InChI is InChI=1S/C20H24N2O2/c23-19-14-22(12-11-18(19)17-9-5-2-6-10-17)15-20(24)21-13-16-7-3-1-4-8-16/h1-10,18-19,23H,11-15H2,(H,21,24)/t18-,19+/m0/s1. The van der Waals surface area contributed by atoms with E-state index in [2.05, 4.69) is 17.4 Å². The van der Waals surface area contributed by atoms with E-state index in [1.54, 1.807) is 0 Å². The summed E-state index contributed by atoms with van der Waals surface area (Å²) in [7, 11) is 0. The predicted octanol–water partition coefficient (Wildman–Crippen LogP) is 2.15. The maximum absolute atomic E-state index is 12.1. The van der Waals surface area contributed by atoms with E-state index in [4.69, 9.17) is 0 Å². The molecule has 0 unspecified atom stereocenters. The van der Waals surface area contributed by atoms with E-state index in [-0.39, 0.29) is 11.8 Å². The molecule has 2 aromatic carbocycles. The normalized spacial score (nSPS) is 21.4. The lowest BCUT2D eigenvalue weighted by molar-refractivity contribution is -0.123. The van der Waals surface area contributed by atoms with Crippen molar-refractivity contribution >= 4 is 5.91 Å². The van der Waals surface area contributed by atoms with Crippen molar-refractivity contribution in [1.29, 1.82) is 0 Å². The van der Waals surface area contributed by atoms with Gasteiger partial charge in [0.25, 0.3) is 0 Å². The van der Waals surface area contributed by atoms with Gasteiger partial charge in [0, 0.05) is 19.0 Å². The molecule has 2 atom stereocenters. The summed E-state index contributed by atoms with van der Waals surface area (Å²) in [6.07, 6.45) is 0.444. The Labute approximate surface area is 143 Å². The molecule has 0 bridgehead atoms. The molecule has 2 N–H and O–H groups in total. The highest BCUT2D eigenvalue weighted by molar-refractivity contribution is 5.78. The van der Waals surface area contributed by atoms with Crippen molar-refractivity contribution in [3.05, 3.63) is 71.8 Å². The molecular formula is C20H24N2O2. The monoisotopic (exact) mass is 324 g/mol. The van der Waals surface area contributed by atoms with Gasteiger partial charge in [0.1, 0.15) is 0 Å². The lowest BCUT2D eigenvalue weighted by Gasteiger charge is -2.35. The number of likely N-dealkylation sites (tertiary alicyclic amines) is 1. The van der Waals surface area contributed by atoms with Gasteiger partial charge in [-0.25, -0.2) is 0 Å². The van der Waals surface area contributed by atoms with Crippen LogP contribution in [0.2, 0.25) is 0 Å². The molecule has 126 valence electrons. The van der Waals surface area contributed by atoms with Crippen LogP contribution in [0.15, 0.2) is 60.7 Å². The van der Waals surface area contributed by atoms with Gasteiger partial charge in [-0.15, -0.1) is 0 Å². The molecule has 1 heterocycles. The molecule has 4 heteroatoms. The van der Waals surface area contributed by atoms with Crippen LogP contribution in [0.25, 0.3) is 0 Å². The van der Waals surface area contributed by atoms with Crippen LogP contribution in [0, 0.1) is 0 Å². The summed E-state index contributed by atoms with van der Waals surface area (Å²) in [6.45, 7) is 2.25. The smallest absolute Gasteiger partial charge is 0.234 e. The third kappa shape index (κ3) is 4.43. The quantitative estimate of drug-likeness (QED) is 0.886. The van der Waals surface area contributed by atoms with Crippen LogP contribution in [0.5, 0.6) is 0 Å². The summed E-state index contributed by atoms with van der Waals surface area (Å²) in [6, 6.07) is 20.0. The van der Waals surface area contributed by atoms with Gasteiger partial charge in [-0.3, -0.25) is 9.69 Å². The highest BCUT2D eigenvalue weighted by atomic mass is 16.3. The Kier molecular flexibility index (Phi) is 5.62. The van der Waals surface area contributed by atoms with E-state index >= 15 is 0 Å². The van der Waals surface area contributed by atoms with E-state index in [1.165, 1.54) is 5.56 Å². The zero-order valence-corrected chi connectivity index (χ0v) is 13.8. The number of hydrogen-bond acceptors (Lipinski definition) is 3. The Bertz CT molecular complexity index is 645. The lowest BCUT2D eigenvalue weighted by Crippen LogP contribution is -2.46. The Morgan fingerprint density at radius 2 is 1.75 bits per heavy atom. The van der Waals surface area contributed by atoms with Crippen molar-refractivity contribution in [2.24, 2.45) is 0 Å². The molecule has 1 aliphatic rings. The summed E-state index contributed by atoms with van der Waals surface area (Å²) in [5, 5.41) is 13.4. The zero-order chi connectivity index (χ0) is 16.8. The summed E-state index contributed by atoms with van der Waals surface area (Å²) >= 11 is 0. The minimum Gasteiger partial charge on any atom is -0.391 e. The van der Waals surface area contributed by atoms with Gasteiger partial charge in [-0.05, 0) is 24.1 Å². The van der Waals surface area contributed by atoms with Gasteiger partial charge in [0.15, 0.2) is 0 Å². The number of benzene rings is 2. The number of aliphatic hydroxyl groups is 1. The number of amides is 1. The summed E-state index contributed by atoms with van der Waals surface area (Å²) in [4.78, 5) is 14.1. The van der Waals surface area contributed by atoms with Gasteiger partial charge in [0.2, 0.25) is 5.91 Å². The third-order valence-corrected chi connectivity index (χ3v) is 4.59. The van der Waals surface area contributed by atoms with Crippen molar-refractivity contribution in [2.45, 2.75) is 25.0 Å². The summed E-state index contributed by atoms with van der Waals surface area (Å²) in [5.41, 5.74) is 2.27. The molecule has 0 spiro atoms. The van der Waals surface area contributed by atoms with E-state index in [9.17, 15) is 9.90 Å². The molecule has 24 heavy (non-hydrogen) atoms. The van der Waals surface area contributed by atoms with E-state index in [0.717, 1.165) is 18.5 Å². The Balaban J connectivity index is 1.46. The molecular weight excluding hydrogens is 300 g/mol. The largest absolute Gasteiger partial charge is 0.391 e. The number of nitrogens with one attached hydrogen (secondary N) is 1. The topological polar surface area (TPSA) is 52.6 Å². The van der Waals surface area contributed by atoms with E-state index in [0.29, 0.717) is 19.6 Å². The SMILES string of the molecule is O=C(CN1CC[C@@H](c2ccccc2)[C@H](O)C1)NCc1ccccc1. The number of carbonyl (C=O) groups excluding carboxylic acids is 1. The number of carbonyl (C=O) groups is 1. The second-order valence-electron chi connectivity index (χ2n) is 6.37. The average Bonchev–Trinajstić information content (AvgIpc) is 2.62. The average molecular weight is 324 g/mol. The molecule has 1 fully saturated rings. The lowest BCUT2D eigenvalue weighted by atomic mass is 9.87. The maximum Gasteiger partial charge on any atom is 0.234 e. The van der Waals surface area contributed by atoms with Crippen LogP contribution in [0.4, 0.5) is 0 Å². The number of aliphatic hydroxyl groups excluding tert-OH is 1. The molecule has 0 radical (unpaired) electrons. The molecule has 1 amide bonds. The Morgan fingerprint density at radius 1 is 1.08 bits per heavy atom. The molecule has 4 nitrogen and oxygen atoms in total. The van der Waals surface area contributed by atoms with Crippen molar-refractivity contribution in [3.8, 4) is 0 Å². The third-order valence-electron chi connectivity index (χ3n) is 4.59. The second kappa shape index (κ2) is 8.08. The molecule has 3 rings (SSSR count). The predicted molar refractivity (Wildman–Crippen MR) is 94.5 cm³/mol. The Morgan fingerprint density at radius 3 is 2.42 bits per heavy atom. The number of piperidine rings is 1. The van der Waals surface area contributed by atoms with Crippen molar-refractivity contribution in [1.82, 2.24) is 10.2 Å². The van der Waals surface area contributed by atoms with Crippen LogP contribution in [-0.4, -0.2) is 41.7 Å². The maximum atomic E-state index is 12.1. The van der Waals surface area contributed by atoms with E-state index < -0.39 is 6.10 Å². The summed E-state index contributed by atoms with van der Waals surface area (Å²) < 4.78 is 0. The number of β-amino-alcohol motifs (C(OH)–C–C–N with tert-alkyl or cyclic N) is 1. The van der Waals surface area contributed by atoms with Crippen molar-refractivity contribution in [3.63, 3.8) is 0 Å². The molecule has 0 saturated carbocycles. The molecule has 1 saturated heterocycles. The van der Waals surface area contributed by atoms with E-state index in [1.807, 2.05) is 53.4 Å². The zero-order valence-electron chi connectivity index (χ0n) is 13.8. The van der Waals surface area contributed by atoms with Crippen LogP contribution >= 0.6 is 0 Å². The van der Waals surface area contributed by atoms with Crippen LogP contribution < -0.4 is 5.32 Å². The summed E-state index contributed by atoms with van der Waals surface area (Å²) in [5.74, 6) is 0.166. The molecule has 0 aliphatic carbocycles. The highest BCUT2D eigenvalue weighted by Gasteiger charge is 2.29. The molecule has 0 aromatic heterocycles. The Hall–Kier alpha value is -2.17. The fourth-order valence-corrected chi connectivity index (χ4v) is 3.29. The van der Waals surface area contributed by atoms with Gasteiger partial charge in [0.05, 0.1) is 12.6 Å². The molecule has 1 aliphatic heterocycles. The van der Waals surface area contributed by atoms with Crippen molar-refractivity contribution < 1.29 is 9.90 Å². The van der Waals surface area contributed by atoms with Gasteiger partial charge in [-0.1, -0.05) is 60.7 Å². The van der Waals surface area contributed by atoms with Gasteiger partial charge >= 0.3 is 0 Å². The fourth-order valence-electron chi connectivity index (χ4n) is 3.29. The number of nitrogens with zero attached hydrogens (tertiary/aromatic N) is 1. The van der Waals surface area contributed by atoms with Crippen LogP contribution in [-0.2, 0) is 11.3 Å². The minimum absolute atomic E-state index is 0.00390. The first kappa shape index (κ1) is 16.7. The molecule has 2 aromatic rings. The highest BCUT2D eigenvalue weighted by Crippen LogP contribution is 2.28. The fraction of sp³-hybridized carbons (Fsp3) is 0.350. The van der Waals surface area contributed by atoms with Crippen molar-refractivity contribution in [2.75, 3.05) is 19.6 Å². The van der Waals surface area contributed by atoms with Gasteiger partial charge in [-0.2, -0.15) is 0 Å². The first-order chi connectivity index (χ1) is 11.7.